The Morgan fingerprint density at radius 1 is 1.48 bits per heavy atom. The summed E-state index contributed by atoms with van der Waals surface area (Å²) < 4.78 is 10.4. The summed E-state index contributed by atoms with van der Waals surface area (Å²) >= 11 is 0. The Balaban J connectivity index is 1.66. The second-order valence-corrected chi connectivity index (χ2v) is 6.17. The first kappa shape index (κ1) is 14.6. The number of nitrogens with zero attached hydrogens (tertiary/aromatic N) is 1. The van der Waals surface area contributed by atoms with E-state index in [0.29, 0.717) is 17.8 Å². The van der Waals surface area contributed by atoms with Gasteiger partial charge in [0.15, 0.2) is 0 Å². The molecule has 5 nitrogen and oxygen atoms in total. The molecule has 1 saturated carbocycles. The molecule has 1 aliphatic heterocycles. The van der Waals surface area contributed by atoms with Gasteiger partial charge in [-0.1, -0.05) is 0 Å². The van der Waals surface area contributed by atoms with Crippen LogP contribution in [0.4, 0.5) is 0 Å². The molecule has 21 heavy (non-hydrogen) atoms. The predicted molar refractivity (Wildman–Crippen MR) is 79.2 cm³/mol. The molecule has 2 aliphatic rings. The van der Waals surface area contributed by atoms with Crippen LogP contribution in [0.1, 0.15) is 47.6 Å². The van der Waals surface area contributed by atoms with Crippen molar-refractivity contribution in [1.82, 2.24) is 10.2 Å². The van der Waals surface area contributed by atoms with E-state index in [4.69, 9.17) is 9.15 Å². The third kappa shape index (κ3) is 3.47. The molecule has 0 radical (unpaired) electrons. The van der Waals surface area contributed by atoms with Crippen LogP contribution < -0.4 is 5.32 Å². The Morgan fingerprint density at radius 2 is 2.29 bits per heavy atom. The highest BCUT2D eigenvalue weighted by Crippen LogP contribution is 2.30. The molecule has 1 unspecified atom stereocenters. The third-order valence-electron chi connectivity index (χ3n) is 4.38. The topological polar surface area (TPSA) is 54.7 Å². The molecule has 5 heteroatoms. The van der Waals surface area contributed by atoms with Gasteiger partial charge in [0, 0.05) is 24.2 Å². The van der Waals surface area contributed by atoms with Crippen LogP contribution in [0, 0.1) is 6.92 Å². The summed E-state index contributed by atoms with van der Waals surface area (Å²) in [4.78, 5) is 14.1. The third-order valence-corrected chi connectivity index (χ3v) is 4.38. The monoisotopic (exact) mass is 292 g/mol. The molecule has 2 fully saturated rings. The molecular weight excluding hydrogens is 268 g/mol. The first-order valence-electron chi connectivity index (χ1n) is 7.82. The lowest BCUT2D eigenvalue weighted by molar-refractivity contribution is 0.0559. The lowest BCUT2D eigenvalue weighted by atomic mass is 10.2. The number of furan rings is 1. The summed E-state index contributed by atoms with van der Waals surface area (Å²) in [6.45, 7) is 4.87. The Bertz CT molecular complexity index is 502. The van der Waals surface area contributed by atoms with Crippen molar-refractivity contribution in [3.05, 3.63) is 23.2 Å². The highest BCUT2D eigenvalue weighted by atomic mass is 16.5. The summed E-state index contributed by atoms with van der Waals surface area (Å²) in [7, 11) is 1.38. The second-order valence-electron chi connectivity index (χ2n) is 6.17. The lowest BCUT2D eigenvalue weighted by Crippen LogP contribution is -2.38. The number of nitrogens with one attached hydrogen (secondary N) is 1. The van der Waals surface area contributed by atoms with E-state index in [-0.39, 0.29) is 0 Å². The van der Waals surface area contributed by atoms with E-state index in [9.17, 15) is 4.79 Å². The van der Waals surface area contributed by atoms with Crippen molar-refractivity contribution >= 4 is 5.97 Å². The number of carbonyl (C=O) groups is 1. The molecule has 1 aliphatic carbocycles. The van der Waals surface area contributed by atoms with Gasteiger partial charge in [0.25, 0.3) is 0 Å². The summed E-state index contributed by atoms with van der Waals surface area (Å²) in [6, 6.07) is 3.24. The molecule has 116 valence electrons. The fraction of sp³-hybridized carbons (Fsp3) is 0.688. The molecule has 0 spiro atoms. The zero-order valence-electron chi connectivity index (χ0n) is 12.9. The largest absolute Gasteiger partial charge is 0.463 e. The highest BCUT2D eigenvalue weighted by Gasteiger charge is 2.32. The number of hydrogen-bond acceptors (Lipinski definition) is 5. The number of methoxy groups -OCH3 is 1. The SMILES string of the molecule is COC(=O)c1oc(CN(CC2CCCN2)C2CC2)cc1C. The van der Waals surface area contributed by atoms with E-state index < -0.39 is 5.97 Å². The van der Waals surface area contributed by atoms with Crippen LogP contribution >= 0.6 is 0 Å². The summed E-state index contributed by atoms with van der Waals surface area (Å²) in [5, 5.41) is 3.55. The van der Waals surface area contributed by atoms with Gasteiger partial charge in [-0.2, -0.15) is 0 Å². The van der Waals surface area contributed by atoms with Crippen molar-refractivity contribution < 1.29 is 13.9 Å². The lowest BCUT2D eigenvalue weighted by Gasteiger charge is -2.24. The van der Waals surface area contributed by atoms with E-state index in [0.717, 1.165) is 31.0 Å². The quantitative estimate of drug-likeness (QED) is 0.814. The van der Waals surface area contributed by atoms with E-state index in [2.05, 4.69) is 10.2 Å². The van der Waals surface area contributed by atoms with Crippen LogP contribution in [-0.4, -0.2) is 43.2 Å². The summed E-state index contributed by atoms with van der Waals surface area (Å²) in [5.74, 6) is 0.800. The zero-order valence-corrected chi connectivity index (χ0v) is 12.9. The Labute approximate surface area is 125 Å². The van der Waals surface area contributed by atoms with Gasteiger partial charge in [0.05, 0.1) is 13.7 Å². The van der Waals surface area contributed by atoms with E-state index in [1.807, 2.05) is 13.0 Å². The van der Waals surface area contributed by atoms with Gasteiger partial charge < -0.3 is 14.5 Å². The second kappa shape index (κ2) is 6.20. The first-order valence-corrected chi connectivity index (χ1v) is 7.82. The molecule has 2 heterocycles. The van der Waals surface area contributed by atoms with Gasteiger partial charge in [0.1, 0.15) is 5.76 Å². The number of aryl methyl sites for hydroxylation is 1. The van der Waals surface area contributed by atoms with E-state index in [1.165, 1.54) is 32.8 Å². The molecule has 1 atom stereocenters. The van der Waals surface area contributed by atoms with Crippen LogP contribution in [-0.2, 0) is 11.3 Å². The van der Waals surface area contributed by atoms with Gasteiger partial charge in [-0.25, -0.2) is 4.79 Å². The van der Waals surface area contributed by atoms with Gasteiger partial charge >= 0.3 is 5.97 Å². The van der Waals surface area contributed by atoms with Crippen LogP contribution in [0.2, 0.25) is 0 Å². The zero-order chi connectivity index (χ0) is 14.8. The molecule has 1 aromatic heterocycles. The van der Waals surface area contributed by atoms with Crippen LogP contribution in [0.25, 0.3) is 0 Å². The smallest absolute Gasteiger partial charge is 0.374 e. The maximum absolute atomic E-state index is 11.6. The standard InChI is InChI=1S/C16H24N2O3/c1-11-8-14(21-15(11)16(19)20-2)10-18(13-5-6-13)9-12-4-3-7-17-12/h8,12-13,17H,3-7,9-10H2,1-2H3. The molecule has 3 rings (SSSR count). The molecule has 1 aromatic rings. The number of hydrogen-bond donors (Lipinski definition) is 1. The van der Waals surface area contributed by atoms with Crippen LogP contribution in [0.5, 0.6) is 0 Å². The number of ether oxygens (including phenoxy) is 1. The Hall–Kier alpha value is -1.33. The minimum Gasteiger partial charge on any atom is -0.463 e. The minimum absolute atomic E-state index is 0.335. The first-order chi connectivity index (χ1) is 10.2. The molecule has 0 bridgehead atoms. The average Bonchev–Trinajstić information content (AvgIpc) is 3.08. The van der Waals surface area contributed by atoms with Crippen molar-refractivity contribution in [2.45, 2.75) is 51.2 Å². The maximum Gasteiger partial charge on any atom is 0.374 e. The van der Waals surface area contributed by atoms with Crippen LogP contribution in [0.3, 0.4) is 0 Å². The predicted octanol–water partition coefficient (Wildman–Crippen LogP) is 2.09. The fourth-order valence-electron chi connectivity index (χ4n) is 3.10. The van der Waals surface area contributed by atoms with Crippen molar-refractivity contribution in [1.29, 1.82) is 0 Å². The van der Waals surface area contributed by atoms with Gasteiger partial charge in [-0.05, 0) is 45.2 Å². The molecule has 0 aromatic carbocycles. The maximum atomic E-state index is 11.6. The molecular formula is C16H24N2O3. The van der Waals surface area contributed by atoms with Crippen molar-refractivity contribution in [3.8, 4) is 0 Å². The summed E-state index contributed by atoms with van der Waals surface area (Å²) in [6.07, 6.45) is 5.08. The molecule has 0 amide bonds. The van der Waals surface area contributed by atoms with Gasteiger partial charge in [0.2, 0.25) is 5.76 Å². The van der Waals surface area contributed by atoms with Crippen molar-refractivity contribution in [2.24, 2.45) is 0 Å². The normalized spacial score (nSPS) is 22.0. The molecule has 1 saturated heterocycles. The minimum atomic E-state index is -0.394. The average molecular weight is 292 g/mol. The Morgan fingerprint density at radius 3 is 2.90 bits per heavy atom. The summed E-state index contributed by atoms with van der Waals surface area (Å²) in [5.41, 5.74) is 0.853. The number of esters is 1. The Kier molecular flexibility index (Phi) is 4.31. The van der Waals surface area contributed by atoms with Gasteiger partial charge in [-0.3, -0.25) is 4.90 Å². The van der Waals surface area contributed by atoms with Crippen molar-refractivity contribution in [2.75, 3.05) is 20.2 Å². The number of carbonyl (C=O) groups excluding carboxylic acids is 1. The fourth-order valence-corrected chi connectivity index (χ4v) is 3.10. The van der Waals surface area contributed by atoms with E-state index in [1.54, 1.807) is 0 Å². The van der Waals surface area contributed by atoms with Gasteiger partial charge in [-0.15, -0.1) is 0 Å². The molecule has 1 N–H and O–H groups in total. The van der Waals surface area contributed by atoms with E-state index >= 15 is 0 Å². The van der Waals surface area contributed by atoms with Crippen molar-refractivity contribution in [3.63, 3.8) is 0 Å². The van der Waals surface area contributed by atoms with Crippen LogP contribution in [0.15, 0.2) is 10.5 Å². The number of rotatable bonds is 6. The highest BCUT2D eigenvalue weighted by molar-refractivity contribution is 5.87.